The molecule has 0 saturated carbocycles. The number of rotatable bonds is 7. The van der Waals surface area contributed by atoms with Crippen LogP contribution in [0.25, 0.3) is 11.7 Å². The second kappa shape index (κ2) is 8.27. The standard InChI is InChI=1S/C18H22N4O2/c1-13(2)24-8-4-6-20-18(23)15(11-19)10-16-12-21-17-9-14(3)5-7-22(16)17/h5,7,9-10,12-13H,4,6,8H2,1-3H3,(H,20,23)/b15-10+. The summed E-state index contributed by atoms with van der Waals surface area (Å²) in [5.74, 6) is -0.385. The Bertz CT molecular complexity index is 784. The molecule has 2 aromatic heterocycles. The minimum Gasteiger partial charge on any atom is -0.379 e. The van der Waals surface area contributed by atoms with Crippen molar-refractivity contribution in [2.45, 2.75) is 33.3 Å². The Kier molecular flexibility index (Phi) is 6.10. The first kappa shape index (κ1) is 17.7. The van der Waals surface area contributed by atoms with Crippen molar-refractivity contribution in [1.82, 2.24) is 14.7 Å². The van der Waals surface area contributed by atoms with E-state index in [0.29, 0.717) is 25.3 Å². The first-order valence-corrected chi connectivity index (χ1v) is 7.96. The van der Waals surface area contributed by atoms with E-state index in [-0.39, 0.29) is 17.6 Å². The van der Waals surface area contributed by atoms with E-state index in [1.54, 1.807) is 12.3 Å². The van der Waals surface area contributed by atoms with Crippen molar-refractivity contribution < 1.29 is 9.53 Å². The summed E-state index contributed by atoms with van der Waals surface area (Å²) in [4.78, 5) is 16.4. The van der Waals surface area contributed by atoms with Crippen LogP contribution in [-0.2, 0) is 9.53 Å². The molecule has 0 atom stereocenters. The van der Waals surface area contributed by atoms with E-state index >= 15 is 0 Å². The molecule has 0 aromatic carbocycles. The Morgan fingerprint density at radius 1 is 1.54 bits per heavy atom. The Morgan fingerprint density at radius 3 is 3.04 bits per heavy atom. The van der Waals surface area contributed by atoms with Crippen LogP contribution in [0.3, 0.4) is 0 Å². The van der Waals surface area contributed by atoms with Gasteiger partial charge in [0.15, 0.2) is 0 Å². The van der Waals surface area contributed by atoms with Gasteiger partial charge in [-0.25, -0.2) is 4.98 Å². The number of hydrogen-bond donors (Lipinski definition) is 1. The lowest BCUT2D eigenvalue weighted by atomic mass is 10.2. The molecule has 2 aromatic rings. The third kappa shape index (κ3) is 4.67. The lowest BCUT2D eigenvalue weighted by Crippen LogP contribution is -2.26. The van der Waals surface area contributed by atoms with Crippen molar-refractivity contribution in [3.63, 3.8) is 0 Å². The number of pyridine rings is 1. The number of imidazole rings is 1. The highest BCUT2D eigenvalue weighted by Gasteiger charge is 2.10. The number of fused-ring (bicyclic) bond motifs is 1. The van der Waals surface area contributed by atoms with Gasteiger partial charge in [0.1, 0.15) is 17.3 Å². The molecule has 6 nitrogen and oxygen atoms in total. The van der Waals surface area contributed by atoms with Crippen LogP contribution in [0.5, 0.6) is 0 Å². The second-order valence-electron chi connectivity index (χ2n) is 5.81. The molecule has 1 amide bonds. The van der Waals surface area contributed by atoms with Crippen molar-refractivity contribution in [3.05, 3.63) is 41.4 Å². The van der Waals surface area contributed by atoms with Gasteiger partial charge in [0.25, 0.3) is 5.91 Å². The number of nitrogens with zero attached hydrogens (tertiary/aromatic N) is 3. The molecule has 24 heavy (non-hydrogen) atoms. The van der Waals surface area contributed by atoms with Gasteiger partial charge >= 0.3 is 0 Å². The zero-order chi connectivity index (χ0) is 17.5. The average molecular weight is 326 g/mol. The van der Waals surface area contributed by atoms with E-state index in [1.807, 2.05) is 49.6 Å². The molecule has 0 aliphatic rings. The van der Waals surface area contributed by atoms with Crippen LogP contribution in [0.4, 0.5) is 0 Å². The number of nitrogens with one attached hydrogen (secondary N) is 1. The molecule has 0 aliphatic heterocycles. The molecule has 0 aliphatic carbocycles. The van der Waals surface area contributed by atoms with E-state index < -0.39 is 0 Å². The van der Waals surface area contributed by atoms with E-state index in [0.717, 1.165) is 11.2 Å². The highest BCUT2D eigenvalue weighted by atomic mass is 16.5. The molecule has 6 heteroatoms. The van der Waals surface area contributed by atoms with Gasteiger partial charge in [-0.15, -0.1) is 0 Å². The molecule has 2 rings (SSSR count). The van der Waals surface area contributed by atoms with E-state index in [4.69, 9.17) is 4.74 Å². The Hall–Kier alpha value is -2.65. The van der Waals surface area contributed by atoms with Crippen molar-refractivity contribution in [1.29, 1.82) is 5.26 Å². The van der Waals surface area contributed by atoms with Gasteiger partial charge in [0, 0.05) is 19.3 Å². The number of hydrogen-bond acceptors (Lipinski definition) is 4. The fourth-order valence-electron chi connectivity index (χ4n) is 2.19. The smallest absolute Gasteiger partial charge is 0.262 e. The van der Waals surface area contributed by atoms with Crippen LogP contribution >= 0.6 is 0 Å². The van der Waals surface area contributed by atoms with Gasteiger partial charge in [-0.1, -0.05) is 0 Å². The van der Waals surface area contributed by atoms with Crippen LogP contribution in [0.1, 0.15) is 31.5 Å². The maximum absolute atomic E-state index is 12.1. The summed E-state index contributed by atoms with van der Waals surface area (Å²) in [5.41, 5.74) is 2.64. The van der Waals surface area contributed by atoms with E-state index in [9.17, 15) is 10.1 Å². The van der Waals surface area contributed by atoms with Gasteiger partial charge in [-0.3, -0.25) is 4.79 Å². The zero-order valence-electron chi connectivity index (χ0n) is 14.2. The summed E-state index contributed by atoms with van der Waals surface area (Å²) < 4.78 is 7.25. The minimum atomic E-state index is -0.385. The van der Waals surface area contributed by atoms with Crippen LogP contribution in [0.15, 0.2) is 30.1 Å². The predicted molar refractivity (Wildman–Crippen MR) is 92.2 cm³/mol. The fourth-order valence-corrected chi connectivity index (χ4v) is 2.19. The highest BCUT2D eigenvalue weighted by Crippen LogP contribution is 2.12. The van der Waals surface area contributed by atoms with Crippen LogP contribution in [0, 0.1) is 18.3 Å². The second-order valence-corrected chi connectivity index (χ2v) is 5.81. The molecule has 0 unspecified atom stereocenters. The molecular weight excluding hydrogens is 304 g/mol. The van der Waals surface area contributed by atoms with Crippen LogP contribution in [0.2, 0.25) is 0 Å². The Morgan fingerprint density at radius 2 is 2.33 bits per heavy atom. The molecule has 126 valence electrons. The molecule has 0 bridgehead atoms. The number of carbonyl (C=O) groups excluding carboxylic acids is 1. The summed E-state index contributed by atoms with van der Waals surface area (Å²) >= 11 is 0. The molecule has 2 heterocycles. The monoisotopic (exact) mass is 326 g/mol. The maximum Gasteiger partial charge on any atom is 0.262 e. The largest absolute Gasteiger partial charge is 0.379 e. The first-order valence-electron chi connectivity index (χ1n) is 7.96. The summed E-state index contributed by atoms with van der Waals surface area (Å²) in [6.07, 6.45) is 5.96. The molecule has 0 fully saturated rings. The maximum atomic E-state index is 12.1. The van der Waals surface area contributed by atoms with Crippen molar-refractivity contribution in [2.75, 3.05) is 13.2 Å². The zero-order valence-corrected chi connectivity index (χ0v) is 14.2. The van der Waals surface area contributed by atoms with Gasteiger partial charge in [0.05, 0.1) is 18.0 Å². The van der Waals surface area contributed by atoms with Gasteiger partial charge in [-0.2, -0.15) is 5.26 Å². The molecule has 0 saturated heterocycles. The lowest BCUT2D eigenvalue weighted by molar-refractivity contribution is -0.117. The topological polar surface area (TPSA) is 79.4 Å². The number of ether oxygens (including phenoxy) is 1. The first-order chi connectivity index (χ1) is 11.5. The molecule has 0 spiro atoms. The van der Waals surface area contributed by atoms with Gasteiger partial charge < -0.3 is 14.5 Å². The summed E-state index contributed by atoms with van der Waals surface area (Å²) in [5, 5.41) is 12.0. The summed E-state index contributed by atoms with van der Waals surface area (Å²) in [6.45, 7) is 6.97. The predicted octanol–water partition coefficient (Wildman–Crippen LogP) is 2.48. The highest BCUT2D eigenvalue weighted by molar-refractivity contribution is 6.01. The van der Waals surface area contributed by atoms with Gasteiger partial charge in [0.2, 0.25) is 0 Å². The molecule has 0 radical (unpaired) electrons. The Balaban J connectivity index is 2.02. The van der Waals surface area contributed by atoms with Gasteiger partial charge in [-0.05, 0) is 51.0 Å². The van der Waals surface area contributed by atoms with Crippen molar-refractivity contribution in [3.8, 4) is 6.07 Å². The number of nitriles is 1. The third-order valence-corrected chi connectivity index (χ3v) is 3.41. The van der Waals surface area contributed by atoms with Crippen LogP contribution in [-0.4, -0.2) is 34.5 Å². The number of aromatic nitrogens is 2. The Labute approximate surface area is 141 Å². The van der Waals surface area contributed by atoms with Crippen molar-refractivity contribution >= 4 is 17.6 Å². The lowest BCUT2D eigenvalue weighted by Gasteiger charge is -2.08. The number of amides is 1. The number of aryl methyl sites for hydroxylation is 1. The van der Waals surface area contributed by atoms with Crippen LogP contribution < -0.4 is 5.32 Å². The minimum absolute atomic E-state index is 0.0575. The van der Waals surface area contributed by atoms with E-state index in [1.165, 1.54) is 0 Å². The van der Waals surface area contributed by atoms with E-state index in [2.05, 4.69) is 10.3 Å². The average Bonchev–Trinajstić information content (AvgIpc) is 2.93. The summed E-state index contributed by atoms with van der Waals surface area (Å²) in [6, 6.07) is 5.85. The summed E-state index contributed by atoms with van der Waals surface area (Å²) in [7, 11) is 0. The van der Waals surface area contributed by atoms with Crippen molar-refractivity contribution in [2.24, 2.45) is 0 Å². The molecule has 1 N–H and O–H groups in total. The SMILES string of the molecule is Cc1ccn2c(/C=C(\C#N)C(=O)NCCCOC(C)C)cnc2c1. The fraction of sp³-hybridized carbons (Fsp3) is 0.389. The number of carbonyl (C=O) groups is 1. The normalized spacial score (nSPS) is 11.7. The quantitative estimate of drug-likeness (QED) is 0.481. The molecular formula is C18H22N4O2. The third-order valence-electron chi connectivity index (χ3n) is 3.41.